The van der Waals surface area contributed by atoms with Crippen molar-refractivity contribution in [1.82, 2.24) is 0 Å². The zero-order chi connectivity index (χ0) is 13.4. The first kappa shape index (κ1) is 15.7. The van der Waals surface area contributed by atoms with Crippen LogP contribution in [0.25, 0.3) is 0 Å². The summed E-state index contributed by atoms with van der Waals surface area (Å²) in [7, 11) is -10.0. The average Bonchev–Trinajstić information content (AvgIpc) is 1.97. The van der Waals surface area contributed by atoms with Gasteiger partial charge in [-0.05, 0) is 20.8 Å². The maximum atomic E-state index is 12.6. The highest BCUT2D eigenvalue weighted by atomic mass is 32.2. The highest BCUT2D eigenvalue weighted by Gasteiger charge is 2.47. The van der Waals surface area contributed by atoms with Gasteiger partial charge < -0.3 is 0 Å². The fourth-order valence-electron chi connectivity index (χ4n) is 0.397. The second kappa shape index (κ2) is 4.17. The third-order valence-electron chi connectivity index (χ3n) is 1.51. The Bertz CT molecular complexity index is 444. The van der Waals surface area contributed by atoms with Crippen molar-refractivity contribution in [3.05, 3.63) is 0 Å². The molecule has 0 rings (SSSR count). The van der Waals surface area contributed by atoms with E-state index in [-0.39, 0.29) is 0 Å². The molecule has 0 atom stereocenters. The third-order valence-corrected chi connectivity index (χ3v) is 4.31. The van der Waals surface area contributed by atoms with Crippen LogP contribution in [0.3, 0.4) is 0 Å². The molecule has 0 spiro atoms. The van der Waals surface area contributed by atoms with E-state index in [0.717, 1.165) is 0 Å². The summed E-state index contributed by atoms with van der Waals surface area (Å²) in [6.45, 7) is 1.61. The molecule has 98 valence electrons. The van der Waals surface area contributed by atoms with Crippen molar-refractivity contribution in [3.63, 3.8) is 0 Å². The predicted molar refractivity (Wildman–Crippen MR) is 51.1 cm³/mol. The summed E-state index contributed by atoms with van der Waals surface area (Å²) in [6.07, 6.45) is 0. The molecule has 1 N–H and O–H groups in total. The Morgan fingerprint density at radius 1 is 1.12 bits per heavy atom. The largest absolute Gasteiger partial charge is 0.393 e. The monoisotopic (exact) mass is 282 g/mol. The van der Waals surface area contributed by atoms with E-state index < -0.39 is 36.8 Å². The molecule has 0 saturated heterocycles. The third kappa shape index (κ3) is 3.61. The van der Waals surface area contributed by atoms with E-state index in [0.29, 0.717) is 0 Å². The molecular weight excluding hydrogens is 270 g/mol. The number of alkyl halides is 2. The van der Waals surface area contributed by atoms with Gasteiger partial charge in [0.25, 0.3) is 10.1 Å². The van der Waals surface area contributed by atoms with Crippen LogP contribution in [-0.2, 0) is 24.4 Å². The molecule has 0 saturated carbocycles. The smallest absolute Gasteiger partial charge is 0.281 e. The quantitative estimate of drug-likeness (QED) is 0.599. The first-order valence-corrected chi connectivity index (χ1v) is 6.79. The lowest BCUT2D eigenvalue weighted by Crippen LogP contribution is -2.38. The summed E-state index contributed by atoms with van der Waals surface area (Å²) in [4.78, 5) is 0. The lowest BCUT2D eigenvalue weighted by molar-refractivity contribution is 0.0302. The van der Waals surface area contributed by atoms with Crippen molar-refractivity contribution in [2.75, 3.05) is 6.61 Å². The topological polar surface area (TPSA) is 97.7 Å². The van der Waals surface area contributed by atoms with Gasteiger partial charge in [0, 0.05) is 0 Å². The second-order valence-electron chi connectivity index (χ2n) is 3.94. The normalized spacial score (nSPS) is 15.1. The Labute approximate surface area is 92.5 Å². The summed E-state index contributed by atoms with van der Waals surface area (Å²) in [5, 5.41) is -4.66. The molecular formula is C6H12F2O6S2. The molecule has 0 heterocycles. The van der Waals surface area contributed by atoms with Crippen LogP contribution in [0.4, 0.5) is 8.78 Å². The van der Waals surface area contributed by atoms with Gasteiger partial charge in [-0.2, -0.15) is 25.6 Å². The fraction of sp³-hybridized carbons (Fsp3) is 1.00. The second-order valence-corrected chi connectivity index (χ2v) is 7.86. The molecule has 0 aromatic heterocycles. The van der Waals surface area contributed by atoms with E-state index >= 15 is 0 Å². The van der Waals surface area contributed by atoms with Gasteiger partial charge in [0.2, 0.25) is 0 Å². The van der Waals surface area contributed by atoms with Crippen molar-refractivity contribution >= 4 is 20.2 Å². The van der Waals surface area contributed by atoms with Crippen LogP contribution in [-0.4, -0.2) is 38.0 Å². The van der Waals surface area contributed by atoms with Gasteiger partial charge in [0.1, 0.15) is 6.61 Å². The molecule has 0 aliphatic rings. The van der Waals surface area contributed by atoms with Crippen LogP contribution >= 0.6 is 0 Å². The molecule has 6 nitrogen and oxygen atoms in total. The predicted octanol–water partition coefficient (Wildman–Crippen LogP) is 0.612. The lowest BCUT2D eigenvalue weighted by atomic mass is 10.3. The fourth-order valence-corrected chi connectivity index (χ4v) is 1.34. The molecule has 0 aliphatic heterocycles. The minimum Gasteiger partial charge on any atom is -0.281 e. The van der Waals surface area contributed by atoms with E-state index in [1.165, 1.54) is 20.8 Å². The van der Waals surface area contributed by atoms with Gasteiger partial charge in [0.05, 0.1) is 4.75 Å². The van der Waals surface area contributed by atoms with Crippen molar-refractivity contribution in [1.29, 1.82) is 0 Å². The highest BCUT2D eigenvalue weighted by molar-refractivity contribution is 7.88. The van der Waals surface area contributed by atoms with Crippen LogP contribution in [0, 0.1) is 0 Å². The zero-order valence-electron chi connectivity index (χ0n) is 8.77. The SMILES string of the molecule is CC(C)(C)S(=O)(=O)OCC(F)(F)S(=O)(=O)O. The molecule has 0 radical (unpaired) electrons. The van der Waals surface area contributed by atoms with Crippen molar-refractivity contribution in [2.24, 2.45) is 0 Å². The average molecular weight is 282 g/mol. The maximum absolute atomic E-state index is 12.6. The highest BCUT2D eigenvalue weighted by Crippen LogP contribution is 2.24. The molecule has 0 fully saturated rings. The summed E-state index contributed by atoms with van der Waals surface area (Å²) in [6, 6.07) is 0. The van der Waals surface area contributed by atoms with E-state index in [1.807, 2.05) is 0 Å². The van der Waals surface area contributed by atoms with Crippen LogP contribution in [0.5, 0.6) is 0 Å². The maximum Gasteiger partial charge on any atom is 0.393 e. The number of hydrogen-bond donors (Lipinski definition) is 1. The molecule has 0 aliphatic carbocycles. The van der Waals surface area contributed by atoms with Crippen molar-refractivity contribution < 1.29 is 34.4 Å². The van der Waals surface area contributed by atoms with Crippen LogP contribution in [0.1, 0.15) is 20.8 Å². The molecule has 10 heteroatoms. The lowest BCUT2D eigenvalue weighted by Gasteiger charge is -2.20. The Hall–Kier alpha value is -0.320. The molecule has 0 unspecified atom stereocenters. The Kier molecular flexibility index (Phi) is 4.08. The minimum atomic E-state index is -5.69. The summed E-state index contributed by atoms with van der Waals surface area (Å²) in [5.74, 6) is 0. The van der Waals surface area contributed by atoms with Crippen molar-refractivity contribution in [2.45, 2.75) is 30.8 Å². The number of halogens is 2. The standard InChI is InChI=1S/C6H12F2O6S2/c1-5(2,3)16(12,13)14-4-6(7,8)15(9,10)11/h4H2,1-3H3,(H,9,10,11). The zero-order valence-corrected chi connectivity index (χ0v) is 10.4. The van der Waals surface area contributed by atoms with Gasteiger partial charge in [-0.1, -0.05) is 0 Å². The first-order chi connectivity index (χ1) is 6.71. The molecule has 0 aromatic rings. The van der Waals surface area contributed by atoms with Gasteiger partial charge in [-0.3, -0.25) is 8.74 Å². The summed E-state index contributed by atoms with van der Waals surface area (Å²) < 4.78 is 78.4. The van der Waals surface area contributed by atoms with Gasteiger partial charge in [-0.25, -0.2) is 0 Å². The molecule has 0 bridgehead atoms. The molecule has 0 amide bonds. The number of hydrogen-bond acceptors (Lipinski definition) is 5. The van der Waals surface area contributed by atoms with E-state index in [1.54, 1.807) is 0 Å². The van der Waals surface area contributed by atoms with Gasteiger partial charge >= 0.3 is 15.4 Å². The van der Waals surface area contributed by atoms with Crippen LogP contribution < -0.4 is 0 Å². The van der Waals surface area contributed by atoms with Gasteiger partial charge in [-0.15, -0.1) is 0 Å². The van der Waals surface area contributed by atoms with E-state index in [2.05, 4.69) is 4.18 Å². The van der Waals surface area contributed by atoms with E-state index in [9.17, 15) is 25.6 Å². The Morgan fingerprint density at radius 2 is 1.50 bits per heavy atom. The molecule has 16 heavy (non-hydrogen) atoms. The summed E-state index contributed by atoms with van der Waals surface area (Å²) in [5.41, 5.74) is 0. The minimum absolute atomic E-state index is 1.19. The van der Waals surface area contributed by atoms with Crippen LogP contribution in [0.15, 0.2) is 0 Å². The molecule has 0 aromatic carbocycles. The summed E-state index contributed by atoms with van der Waals surface area (Å²) >= 11 is 0. The first-order valence-electron chi connectivity index (χ1n) is 3.94. The Morgan fingerprint density at radius 3 is 1.75 bits per heavy atom. The Balaban J connectivity index is 4.87. The van der Waals surface area contributed by atoms with E-state index in [4.69, 9.17) is 4.55 Å². The van der Waals surface area contributed by atoms with Crippen LogP contribution in [0.2, 0.25) is 0 Å². The van der Waals surface area contributed by atoms with Crippen molar-refractivity contribution in [3.8, 4) is 0 Å². The van der Waals surface area contributed by atoms with Gasteiger partial charge in [0.15, 0.2) is 0 Å². The number of rotatable bonds is 4.